The zero-order chi connectivity index (χ0) is 26.6. The van der Waals surface area contributed by atoms with Crippen molar-refractivity contribution in [2.24, 2.45) is 0 Å². The minimum Gasteiger partial charge on any atom is -0.483 e. The Bertz CT molecular complexity index is 993. The van der Waals surface area contributed by atoms with Gasteiger partial charge < -0.3 is 18.9 Å². The fourth-order valence-corrected chi connectivity index (χ4v) is 4.00. The van der Waals surface area contributed by atoms with E-state index in [1.54, 1.807) is 24.3 Å². The summed E-state index contributed by atoms with van der Waals surface area (Å²) in [6, 6.07) is 13.0. The van der Waals surface area contributed by atoms with Crippen molar-refractivity contribution in [2.75, 3.05) is 46.9 Å². The number of Topliss-reactive ketones (excluding diaryl/α,β-unsaturated/α-hetero) is 1. The number of hydrogen-bond donors (Lipinski definition) is 0. The van der Waals surface area contributed by atoms with Crippen molar-refractivity contribution < 1.29 is 23.5 Å². The molecule has 0 aliphatic carbocycles. The average Bonchev–Trinajstić information content (AvgIpc) is 2.85. The quantitative estimate of drug-likeness (QED) is 0.165. The first-order valence-electron chi connectivity index (χ1n) is 13.0. The van der Waals surface area contributed by atoms with Crippen molar-refractivity contribution in [3.63, 3.8) is 0 Å². The summed E-state index contributed by atoms with van der Waals surface area (Å²) in [4.78, 5) is 26.8. The van der Waals surface area contributed by atoms with E-state index in [1.807, 2.05) is 36.1 Å². The van der Waals surface area contributed by atoms with Crippen LogP contribution in [-0.2, 0) is 11.2 Å². The first-order chi connectivity index (χ1) is 17.2. The van der Waals surface area contributed by atoms with Crippen LogP contribution in [0.2, 0.25) is 0 Å². The van der Waals surface area contributed by atoms with Gasteiger partial charge in [0.1, 0.15) is 18.9 Å². The molecule has 2 aromatic carbocycles. The molecular formula is C30H43N2O4+. The van der Waals surface area contributed by atoms with Crippen LogP contribution in [0.15, 0.2) is 55.1 Å². The minimum absolute atomic E-state index is 0.102. The van der Waals surface area contributed by atoms with E-state index in [1.165, 1.54) is 0 Å². The van der Waals surface area contributed by atoms with Gasteiger partial charge >= 0.3 is 0 Å². The van der Waals surface area contributed by atoms with Crippen LogP contribution in [0.3, 0.4) is 0 Å². The lowest BCUT2D eigenvalue weighted by Crippen LogP contribution is -2.50. The van der Waals surface area contributed by atoms with Crippen LogP contribution in [0.25, 0.3) is 0 Å². The second kappa shape index (κ2) is 14.4. The van der Waals surface area contributed by atoms with Gasteiger partial charge in [0, 0.05) is 30.6 Å². The molecule has 2 aromatic rings. The van der Waals surface area contributed by atoms with E-state index in [-0.39, 0.29) is 11.7 Å². The maximum Gasteiger partial charge on any atom is 0.277 e. The standard InChI is InChI=1S/C30H43N2O4/c1-7-12-25-13-11-14-28(36-26-17-15-24(16-18-26)27(33)10-4)30(25)35-22-21-32(5,6)23-29(34)31(19-8-2)20-9-3/h7,11,13-18H,1,8-10,12,19-23H2,2-6H3/q+1. The highest BCUT2D eigenvalue weighted by atomic mass is 16.5. The van der Waals surface area contributed by atoms with E-state index >= 15 is 0 Å². The third-order valence-electron chi connectivity index (χ3n) is 6.00. The number of likely N-dealkylation sites (N-methyl/N-ethyl adjacent to an activating group) is 1. The molecule has 6 heteroatoms. The van der Waals surface area contributed by atoms with Crippen molar-refractivity contribution in [1.29, 1.82) is 0 Å². The Morgan fingerprint density at radius 2 is 1.67 bits per heavy atom. The van der Waals surface area contributed by atoms with Gasteiger partial charge in [-0.25, -0.2) is 0 Å². The maximum absolute atomic E-state index is 12.9. The van der Waals surface area contributed by atoms with Gasteiger partial charge in [-0.15, -0.1) is 6.58 Å². The number of carbonyl (C=O) groups is 2. The second-order valence-electron chi connectivity index (χ2n) is 9.69. The zero-order valence-corrected chi connectivity index (χ0v) is 22.7. The van der Waals surface area contributed by atoms with E-state index in [0.717, 1.165) is 31.5 Å². The highest BCUT2D eigenvalue weighted by Gasteiger charge is 2.24. The summed E-state index contributed by atoms with van der Waals surface area (Å²) in [5.74, 6) is 2.21. The number of nitrogens with zero attached hydrogens (tertiary/aromatic N) is 2. The highest BCUT2D eigenvalue weighted by Crippen LogP contribution is 2.35. The number of carbonyl (C=O) groups excluding carboxylic acids is 2. The van der Waals surface area contributed by atoms with Gasteiger partial charge in [0.25, 0.3) is 5.91 Å². The first kappa shape index (κ1) is 29.1. The molecule has 0 aliphatic heterocycles. The molecule has 36 heavy (non-hydrogen) atoms. The molecule has 0 atom stereocenters. The Hall–Kier alpha value is -3.12. The predicted molar refractivity (Wildman–Crippen MR) is 146 cm³/mol. The van der Waals surface area contributed by atoms with Crippen LogP contribution in [0.1, 0.15) is 56.0 Å². The fourth-order valence-electron chi connectivity index (χ4n) is 4.00. The first-order valence-corrected chi connectivity index (χ1v) is 13.0. The number of para-hydroxylation sites is 1. The molecule has 0 aliphatic rings. The van der Waals surface area contributed by atoms with Gasteiger partial charge in [-0.2, -0.15) is 0 Å². The van der Waals surface area contributed by atoms with E-state index in [0.29, 0.717) is 59.8 Å². The summed E-state index contributed by atoms with van der Waals surface area (Å²) in [5.41, 5.74) is 1.66. The number of rotatable bonds is 16. The smallest absolute Gasteiger partial charge is 0.277 e. The Morgan fingerprint density at radius 3 is 2.25 bits per heavy atom. The van der Waals surface area contributed by atoms with Crippen molar-refractivity contribution in [3.8, 4) is 17.2 Å². The third kappa shape index (κ3) is 8.83. The number of ether oxygens (including phenoxy) is 2. The Kier molecular flexibility index (Phi) is 11.7. The van der Waals surface area contributed by atoms with Crippen molar-refractivity contribution in [3.05, 3.63) is 66.2 Å². The summed E-state index contributed by atoms with van der Waals surface area (Å²) in [7, 11) is 4.12. The number of quaternary nitrogens is 1. The summed E-state index contributed by atoms with van der Waals surface area (Å²) in [6.07, 6.45) is 4.88. The molecule has 0 radical (unpaired) electrons. The molecule has 0 fully saturated rings. The third-order valence-corrected chi connectivity index (χ3v) is 6.00. The van der Waals surface area contributed by atoms with Crippen molar-refractivity contribution in [1.82, 2.24) is 4.90 Å². The molecule has 0 unspecified atom stereocenters. The van der Waals surface area contributed by atoms with Gasteiger partial charge in [0.15, 0.2) is 23.8 Å². The van der Waals surface area contributed by atoms with Crippen LogP contribution < -0.4 is 9.47 Å². The number of amides is 1. The zero-order valence-electron chi connectivity index (χ0n) is 22.7. The SMILES string of the molecule is C=CCc1cccc(Oc2ccc(C(=O)CC)cc2)c1OCC[N+](C)(C)CC(=O)N(CCC)CCC. The number of ketones is 1. The van der Waals surface area contributed by atoms with Gasteiger partial charge in [0.05, 0.1) is 14.1 Å². The van der Waals surface area contributed by atoms with Crippen molar-refractivity contribution in [2.45, 2.75) is 46.5 Å². The van der Waals surface area contributed by atoms with E-state index in [2.05, 4.69) is 34.5 Å². The van der Waals surface area contributed by atoms with Crippen LogP contribution in [0, 0.1) is 0 Å². The monoisotopic (exact) mass is 495 g/mol. The second-order valence-corrected chi connectivity index (χ2v) is 9.69. The van der Waals surface area contributed by atoms with Crippen LogP contribution in [-0.4, -0.2) is 68.0 Å². The molecule has 0 spiro atoms. The van der Waals surface area contributed by atoms with E-state index in [9.17, 15) is 9.59 Å². The highest BCUT2D eigenvalue weighted by molar-refractivity contribution is 5.95. The number of hydrogen-bond acceptors (Lipinski definition) is 4. The Balaban J connectivity index is 2.11. The lowest BCUT2D eigenvalue weighted by atomic mass is 10.1. The van der Waals surface area contributed by atoms with E-state index in [4.69, 9.17) is 9.47 Å². The molecule has 6 nitrogen and oxygen atoms in total. The summed E-state index contributed by atoms with van der Waals surface area (Å²) < 4.78 is 13.0. The Labute approximate surface area is 217 Å². The van der Waals surface area contributed by atoms with Crippen LogP contribution in [0.4, 0.5) is 0 Å². The molecule has 0 saturated heterocycles. The lowest BCUT2D eigenvalue weighted by Gasteiger charge is -2.32. The summed E-state index contributed by atoms with van der Waals surface area (Å²) in [5, 5.41) is 0. The topological polar surface area (TPSA) is 55.8 Å². The average molecular weight is 496 g/mol. The molecule has 0 bridgehead atoms. The lowest BCUT2D eigenvalue weighted by molar-refractivity contribution is -0.882. The number of benzene rings is 2. The molecule has 196 valence electrons. The largest absolute Gasteiger partial charge is 0.483 e. The molecule has 0 aromatic heterocycles. The fraction of sp³-hybridized carbons (Fsp3) is 0.467. The van der Waals surface area contributed by atoms with Gasteiger partial charge in [-0.1, -0.05) is 39.0 Å². The van der Waals surface area contributed by atoms with Gasteiger partial charge in [-0.3, -0.25) is 9.59 Å². The predicted octanol–water partition coefficient (Wildman–Crippen LogP) is 5.90. The van der Waals surface area contributed by atoms with Crippen LogP contribution >= 0.6 is 0 Å². The van der Waals surface area contributed by atoms with E-state index < -0.39 is 0 Å². The summed E-state index contributed by atoms with van der Waals surface area (Å²) >= 11 is 0. The van der Waals surface area contributed by atoms with Gasteiger partial charge in [-0.05, 0) is 49.6 Å². The maximum atomic E-state index is 12.9. The van der Waals surface area contributed by atoms with Crippen molar-refractivity contribution >= 4 is 11.7 Å². The molecule has 0 saturated carbocycles. The number of allylic oxidation sites excluding steroid dienone is 1. The molecule has 1 amide bonds. The van der Waals surface area contributed by atoms with Gasteiger partial charge in [0.2, 0.25) is 0 Å². The molecule has 0 heterocycles. The Morgan fingerprint density at radius 1 is 1.00 bits per heavy atom. The molecule has 0 N–H and O–H groups in total. The molecular weight excluding hydrogens is 452 g/mol. The minimum atomic E-state index is 0.102. The normalized spacial score (nSPS) is 11.1. The molecule has 2 rings (SSSR count). The van der Waals surface area contributed by atoms with Crippen LogP contribution in [0.5, 0.6) is 17.2 Å². The summed E-state index contributed by atoms with van der Waals surface area (Å²) in [6.45, 7) is 13.1.